The average molecular weight is 265 g/mol. The highest BCUT2D eigenvalue weighted by atomic mass is 16.5. The maximum atomic E-state index is 6.30. The Morgan fingerprint density at radius 1 is 1.05 bits per heavy atom. The smallest absolute Gasteiger partial charge is 0.161 e. The Kier molecular flexibility index (Phi) is 6.71. The second kappa shape index (κ2) is 8.05. The molecule has 1 rings (SSSR count). The fraction of sp³-hybridized carbons (Fsp3) is 0.625. The molecule has 0 aliphatic heterocycles. The van der Waals surface area contributed by atoms with Crippen molar-refractivity contribution < 1.29 is 9.47 Å². The average Bonchev–Trinajstić information content (AvgIpc) is 2.42. The number of hydrogen-bond acceptors (Lipinski definition) is 3. The van der Waals surface area contributed by atoms with E-state index in [1.807, 2.05) is 12.1 Å². The summed E-state index contributed by atoms with van der Waals surface area (Å²) >= 11 is 0. The highest BCUT2D eigenvalue weighted by Crippen LogP contribution is 2.33. The molecule has 19 heavy (non-hydrogen) atoms. The number of ether oxygens (including phenoxy) is 2. The quantitative estimate of drug-likeness (QED) is 0.723. The maximum absolute atomic E-state index is 6.30. The molecule has 0 aromatic heterocycles. The number of benzene rings is 1. The Balaban J connectivity index is 2.76. The molecule has 1 unspecified atom stereocenters. The van der Waals surface area contributed by atoms with E-state index in [0.29, 0.717) is 0 Å². The number of methoxy groups -OCH3 is 2. The van der Waals surface area contributed by atoms with E-state index in [-0.39, 0.29) is 6.04 Å². The zero-order valence-corrected chi connectivity index (χ0v) is 12.7. The van der Waals surface area contributed by atoms with E-state index >= 15 is 0 Å². The van der Waals surface area contributed by atoms with Gasteiger partial charge in [-0.05, 0) is 36.6 Å². The molecule has 0 aliphatic carbocycles. The van der Waals surface area contributed by atoms with Crippen molar-refractivity contribution in [1.82, 2.24) is 0 Å². The van der Waals surface area contributed by atoms with Crippen LogP contribution in [0.4, 0.5) is 0 Å². The SMILES string of the molecule is CCCCCCC(N)c1cc(OC)c(OC)cc1C. The van der Waals surface area contributed by atoms with Crippen molar-refractivity contribution in [2.75, 3.05) is 14.2 Å². The third-order valence-electron chi connectivity index (χ3n) is 3.54. The van der Waals surface area contributed by atoms with Crippen LogP contribution in [-0.4, -0.2) is 14.2 Å². The molecule has 0 heterocycles. The number of rotatable bonds is 8. The number of aryl methyl sites for hydroxylation is 1. The Bertz CT molecular complexity index is 391. The van der Waals surface area contributed by atoms with Crippen LogP contribution in [0.5, 0.6) is 11.5 Å². The van der Waals surface area contributed by atoms with Gasteiger partial charge >= 0.3 is 0 Å². The molecule has 3 heteroatoms. The number of unbranched alkanes of at least 4 members (excludes halogenated alkanes) is 3. The van der Waals surface area contributed by atoms with Gasteiger partial charge in [-0.15, -0.1) is 0 Å². The lowest BCUT2D eigenvalue weighted by Gasteiger charge is -2.18. The van der Waals surface area contributed by atoms with Crippen LogP contribution in [-0.2, 0) is 0 Å². The van der Waals surface area contributed by atoms with Gasteiger partial charge in [0, 0.05) is 6.04 Å². The van der Waals surface area contributed by atoms with Crippen molar-refractivity contribution in [1.29, 1.82) is 0 Å². The van der Waals surface area contributed by atoms with E-state index in [4.69, 9.17) is 15.2 Å². The van der Waals surface area contributed by atoms with E-state index in [9.17, 15) is 0 Å². The van der Waals surface area contributed by atoms with Crippen molar-refractivity contribution >= 4 is 0 Å². The first-order chi connectivity index (χ1) is 9.13. The third kappa shape index (κ3) is 4.43. The first-order valence-electron chi connectivity index (χ1n) is 7.12. The van der Waals surface area contributed by atoms with E-state index in [0.717, 1.165) is 23.5 Å². The van der Waals surface area contributed by atoms with Crippen LogP contribution in [0.25, 0.3) is 0 Å². The maximum Gasteiger partial charge on any atom is 0.161 e. The summed E-state index contributed by atoms with van der Waals surface area (Å²) in [6.45, 7) is 4.29. The van der Waals surface area contributed by atoms with Gasteiger partial charge in [-0.3, -0.25) is 0 Å². The van der Waals surface area contributed by atoms with Crippen LogP contribution in [0.15, 0.2) is 12.1 Å². The Morgan fingerprint density at radius 2 is 1.68 bits per heavy atom. The lowest BCUT2D eigenvalue weighted by atomic mass is 9.96. The standard InChI is InChI=1S/C16H27NO2/c1-5-6-7-8-9-14(17)13-11-16(19-4)15(18-3)10-12(13)2/h10-11,14H,5-9,17H2,1-4H3. The number of hydrogen-bond donors (Lipinski definition) is 1. The molecule has 0 aliphatic rings. The summed E-state index contributed by atoms with van der Waals surface area (Å²) in [6.07, 6.45) is 6.01. The van der Waals surface area contributed by atoms with Crippen molar-refractivity contribution in [3.05, 3.63) is 23.3 Å². The summed E-state index contributed by atoms with van der Waals surface area (Å²) in [7, 11) is 3.31. The molecule has 0 radical (unpaired) electrons. The van der Waals surface area contributed by atoms with E-state index in [2.05, 4.69) is 13.8 Å². The van der Waals surface area contributed by atoms with Gasteiger partial charge in [0.2, 0.25) is 0 Å². The molecule has 1 aromatic carbocycles. The first kappa shape index (κ1) is 15.8. The van der Waals surface area contributed by atoms with Crippen molar-refractivity contribution in [3.8, 4) is 11.5 Å². The summed E-state index contributed by atoms with van der Waals surface area (Å²) in [6, 6.07) is 4.09. The molecule has 3 nitrogen and oxygen atoms in total. The lowest BCUT2D eigenvalue weighted by Crippen LogP contribution is -2.12. The molecule has 0 saturated carbocycles. The van der Waals surface area contributed by atoms with Crippen LogP contribution >= 0.6 is 0 Å². The molecule has 0 fully saturated rings. The van der Waals surface area contributed by atoms with Crippen LogP contribution in [0.2, 0.25) is 0 Å². The van der Waals surface area contributed by atoms with Gasteiger partial charge in [0.25, 0.3) is 0 Å². The number of nitrogens with two attached hydrogens (primary N) is 1. The van der Waals surface area contributed by atoms with Gasteiger partial charge in [-0.1, -0.05) is 32.6 Å². The molecule has 1 atom stereocenters. The van der Waals surface area contributed by atoms with Crippen LogP contribution in [0, 0.1) is 6.92 Å². The van der Waals surface area contributed by atoms with Crippen LogP contribution < -0.4 is 15.2 Å². The summed E-state index contributed by atoms with van der Waals surface area (Å²) in [5, 5.41) is 0. The second-order valence-corrected chi connectivity index (χ2v) is 5.02. The summed E-state index contributed by atoms with van der Waals surface area (Å²) < 4.78 is 10.6. The molecule has 0 bridgehead atoms. The van der Waals surface area contributed by atoms with Crippen molar-refractivity contribution in [3.63, 3.8) is 0 Å². The zero-order chi connectivity index (χ0) is 14.3. The van der Waals surface area contributed by atoms with E-state index in [1.54, 1.807) is 14.2 Å². The van der Waals surface area contributed by atoms with Gasteiger partial charge in [0.1, 0.15) is 0 Å². The molecule has 1 aromatic rings. The molecule has 0 spiro atoms. The predicted octanol–water partition coefficient (Wildman–Crippen LogP) is 3.98. The highest BCUT2D eigenvalue weighted by molar-refractivity contribution is 5.48. The molecule has 0 amide bonds. The Labute approximate surface area is 117 Å². The van der Waals surface area contributed by atoms with Crippen molar-refractivity contribution in [2.45, 2.75) is 52.0 Å². The molecule has 2 N–H and O–H groups in total. The van der Waals surface area contributed by atoms with E-state index < -0.39 is 0 Å². The summed E-state index contributed by atoms with van der Waals surface area (Å²) in [5.41, 5.74) is 8.63. The third-order valence-corrected chi connectivity index (χ3v) is 3.54. The monoisotopic (exact) mass is 265 g/mol. The topological polar surface area (TPSA) is 44.5 Å². The van der Waals surface area contributed by atoms with Gasteiger partial charge < -0.3 is 15.2 Å². The minimum Gasteiger partial charge on any atom is -0.493 e. The Hall–Kier alpha value is -1.22. The Morgan fingerprint density at radius 3 is 2.26 bits per heavy atom. The molecule has 108 valence electrons. The molecule has 0 saturated heterocycles. The fourth-order valence-electron chi connectivity index (χ4n) is 2.34. The predicted molar refractivity (Wildman–Crippen MR) is 80.0 cm³/mol. The minimum atomic E-state index is 0.0802. The largest absolute Gasteiger partial charge is 0.493 e. The van der Waals surface area contributed by atoms with Crippen LogP contribution in [0.3, 0.4) is 0 Å². The van der Waals surface area contributed by atoms with Gasteiger partial charge in [0.15, 0.2) is 11.5 Å². The van der Waals surface area contributed by atoms with E-state index in [1.165, 1.54) is 31.2 Å². The summed E-state index contributed by atoms with van der Waals surface area (Å²) in [4.78, 5) is 0. The minimum absolute atomic E-state index is 0.0802. The molecular formula is C16H27NO2. The summed E-state index contributed by atoms with van der Waals surface area (Å²) in [5.74, 6) is 1.52. The van der Waals surface area contributed by atoms with Gasteiger partial charge in [-0.2, -0.15) is 0 Å². The fourth-order valence-corrected chi connectivity index (χ4v) is 2.34. The zero-order valence-electron chi connectivity index (χ0n) is 12.7. The van der Waals surface area contributed by atoms with Gasteiger partial charge in [-0.25, -0.2) is 0 Å². The normalized spacial score (nSPS) is 12.3. The van der Waals surface area contributed by atoms with Gasteiger partial charge in [0.05, 0.1) is 14.2 Å². The first-order valence-corrected chi connectivity index (χ1v) is 7.12. The molecular weight excluding hydrogens is 238 g/mol. The second-order valence-electron chi connectivity index (χ2n) is 5.02. The lowest BCUT2D eigenvalue weighted by molar-refractivity contribution is 0.353. The highest BCUT2D eigenvalue weighted by Gasteiger charge is 2.13. The van der Waals surface area contributed by atoms with Crippen LogP contribution in [0.1, 0.15) is 56.2 Å². The van der Waals surface area contributed by atoms with Crippen molar-refractivity contribution in [2.24, 2.45) is 5.73 Å².